The molecule has 5 heteroatoms. The summed E-state index contributed by atoms with van der Waals surface area (Å²) in [6.45, 7) is 0. The Morgan fingerprint density at radius 3 is 2.22 bits per heavy atom. The number of nitro benzene ring substituents is 1. The van der Waals surface area contributed by atoms with Crippen LogP contribution in [0, 0.1) is 10.1 Å². The first kappa shape index (κ1) is 10.9. The predicted molar refractivity (Wildman–Crippen MR) is 67.0 cm³/mol. The molecule has 88 valence electrons. The zero-order valence-corrected chi connectivity index (χ0v) is 9.77. The third-order valence-electron chi connectivity index (χ3n) is 2.98. The molecule has 0 amide bonds. The first-order valence-corrected chi connectivity index (χ1v) is 5.59. The summed E-state index contributed by atoms with van der Waals surface area (Å²) in [5.41, 5.74) is 2.27. The maximum atomic E-state index is 12.1. The minimum atomic E-state index is -0.510. The molecule has 0 aliphatic heterocycles. The number of carbonyl (C=O) groups excluding carboxylic acids is 1. The minimum Gasteiger partial charge on any atom is -0.289 e. The summed E-state index contributed by atoms with van der Waals surface area (Å²) >= 11 is 5.85. The molecule has 0 radical (unpaired) electrons. The summed E-state index contributed by atoms with van der Waals surface area (Å²) in [6, 6.07) is 9.36. The number of carbonyl (C=O) groups is 1. The fourth-order valence-corrected chi connectivity index (χ4v) is 2.32. The SMILES string of the molecule is O=C1c2cc(Cl)ccc2-c2ccc([N+](=O)[O-])cc21. The molecule has 1 aliphatic carbocycles. The quantitative estimate of drug-likeness (QED) is 0.497. The number of hydrogen-bond donors (Lipinski definition) is 0. The Hall–Kier alpha value is -2.20. The van der Waals surface area contributed by atoms with Crippen molar-refractivity contribution in [1.29, 1.82) is 0 Å². The van der Waals surface area contributed by atoms with Crippen LogP contribution in [0.3, 0.4) is 0 Å². The van der Waals surface area contributed by atoms with Crippen LogP contribution < -0.4 is 0 Å². The number of benzene rings is 2. The van der Waals surface area contributed by atoms with Crippen LogP contribution in [0.2, 0.25) is 5.02 Å². The smallest absolute Gasteiger partial charge is 0.270 e. The maximum Gasteiger partial charge on any atom is 0.270 e. The van der Waals surface area contributed by atoms with E-state index in [2.05, 4.69) is 0 Å². The molecule has 3 rings (SSSR count). The largest absolute Gasteiger partial charge is 0.289 e. The molecule has 0 heterocycles. The van der Waals surface area contributed by atoms with Gasteiger partial charge in [-0.2, -0.15) is 0 Å². The molecule has 0 aromatic heterocycles. The Bertz CT molecular complexity index is 709. The van der Waals surface area contributed by atoms with Gasteiger partial charge in [0.25, 0.3) is 5.69 Å². The molecule has 0 saturated heterocycles. The van der Waals surface area contributed by atoms with Gasteiger partial charge in [-0.15, -0.1) is 0 Å². The van der Waals surface area contributed by atoms with Crippen LogP contribution in [0.25, 0.3) is 11.1 Å². The third kappa shape index (κ3) is 1.43. The van der Waals surface area contributed by atoms with Gasteiger partial charge in [0.1, 0.15) is 0 Å². The molecule has 0 fully saturated rings. The summed E-state index contributed by atoms with van der Waals surface area (Å²) < 4.78 is 0. The Labute approximate surface area is 107 Å². The highest BCUT2D eigenvalue weighted by atomic mass is 35.5. The van der Waals surface area contributed by atoms with Crippen molar-refractivity contribution in [3.05, 3.63) is 62.7 Å². The van der Waals surface area contributed by atoms with Crippen molar-refractivity contribution >= 4 is 23.1 Å². The normalized spacial score (nSPS) is 12.2. The van der Waals surface area contributed by atoms with Gasteiger partial charge < -0.3 is 0 Å². The topological polar surface area (TPSA) is 60.2 Å². The second-order valence-electron chi connectivity index (χ2n) is 4.01. The van der Waals surface area contributed by atoms with Crippen LogP contribution >= 0.6 is 11.6 Å². The minimum absolute atomic E-state index is 0.0824. The van der Waals surface area contributed by atoms with E-state index in [4.69, 9.17) is 11.6 Å². The molecular formula is C13H6ClNO3. The molecule has 1 aliphatic rings. The standard InChI is InChI=1S/C13H6ClNO3/c14-7-1-3-9-10-4-2-8(15(17)18)6-12(10)13(16)11(9)5-7/h1-6H. The summed E-state index contributed by atoms with van der Waals surface area (Å²) in [5, 5.41) is 11.2. The lowest BCUT2D eigenvalue weighted by atomic mass is 10.1. The van der Waals surface area contributed by atoms with Gasteiger partial charge in [-0.05, 0) is 29.3 Å². The van der Waals surface area contributed by atoms with Crippen LogP contribution in [-0.4, -0.2) is 10.7 Å². The lowest BCUT2D eigenvalue weighted by Gasteiger charge is -1.99. The number of non-ortho nitro benzene ring substituents is 1. The first-order valence-electron chi connectivity index (χ1n) is 5.21. The maximum absolute atomic E-state index is 12.1. The van der Waals surface area contributed by atoms with Gasteiger partial charge in [-0.3, -0.25) is 14.9 Å². The summed E-state index contributed by atoms with van der Waals surface area (Å²) in [6.07, 6.45) is 0. The van der Waals surface area contributed by atoms with E-state index in [0.717, 1.165) is 11.1 Å². The van der Waals surface area contributed by atoms with Crippen molar-refractivity contribution in [2.75, 3.05) is 0 Å². The van der Waals surface area contributed by atoms with Crippen LogP contribution in [0.1, 0.15) is 15.9 Å². The van der Waals surface area contributed by atoms with Crippen molar-refractivity contribution < 1.29 is 9.72 Å². The molecule has 0 saturated carbocycles. The van der Waals surface area contributed by atoms with E-state index in [1.807, 2.05) is 0 Å². The van der Waals surface area contributed by atoms with Gasteiger partial charge in [-0.25, -0.2) is 0 Å². The van der Waals surface area contributed by atoms with Crippen LogP contribution in [0.15, 0.2) is 36.4 Å². The van der Waals surface area contributed by atoms with E-state index in [1.54, 1.807) is 24.3 Å². The molecule has 2 aromatic carbocycles. The zero-order chi connectivity index (χ0) is 12.9. The van der Waals surface area contributed by atoms with Crippen LogP contribution in [-0.2, 0) is 0 Å². The summed E-state index contributed by atoms with van der Waals surface area (Å²) in [7, 11) is 0. The van der Waals surface area contributed by atoms with E-state index in [9.17, 15) is 14.9 Å². The van der Waals surface area contributed by atoms with E-state index >= 15 is 0 Å². The molecule has 0 spiro atoms. The molecule has 0 atom stereocenters. The van der Waals surface area contributed by atoms with Crippen LogP contribution in [0.4, 0.5) is 5.69 Å². The highest BCUT2D eigenvalue weighted by molar-refractivity contribution is 6.32. The Morgan fingerprint density at radius 2 is 1.56 bits per heavy atom. The fraction of sp³-hybridized carbons (Fsp3) is 0. The van der Waals surface area contributed by atoms with E-state index in [1.165, 1.54) is 12.1 Å². The number of halogens is 1. The third-order valence-corrected chi connectivity index (χ3v) is 3.21. The molecule has 0 N–H and O–H groups in total. The van der Waals surface area contributed by atoms with Crippen molar-refractivity contribution in [3.63, 3.8) is 0 Å². The number of fused-ring (bicyclic) bond motifs is 3. The second kappa shape index (κ2) is 3.65. The molecule has 18 heavy (non-hydrogen) atoms. The number of hydrogen-bond acceptors (Lipinski definition) is 3. The van der Waals surface area contributed by atoms with E-state index < -0.39 is 4.92 Å². The second-order valence-corrected chi connectivity index (χ2v) is 4.44. The number of rotatable bonds is 1. The van der Waals surface area contributed by atoms with Crippen molar-refractivity contribution in [3.8, 4) is 11.1 Å². The van der Waals surface area contributed by atoms with Gasteiger partial charge in [-0.1, -0.05) is 17.7 Å². The molecule has 4 nitrogen and oxygen atoms in total. The highest BCUT2D eigenvalue weighted by Gasteiger charge is 2.28. The van der Waals surface area contributed by atoms with Crippen molar-refractivity contribution in [2.24, 2.45) is 0 Å². The number of nitro groups is 1. The lowest BCUT2D eigenvalue weighted by Crippen LogP contribution is -1.96. The molecule has 0 bridgehead atoms. The van der Waals surface area contributed by atoms with Crippen molar-refractivity contribution in [2.45, 2.75) is 0 Å². The summed E-state index contributed by atoms with van der Waals surface area (Å²) in [4.78, 5) is 22.3. The number of ketones is 1. The van der Waals surface area contributed by atoms with Gasteiger partial charge in [0.2, 0.25) is 0 Å². The number of nitrogens with zero attached hydrogens (tertiary/aromatic N) is 1. The highest BCUT2D eigenvalue weighted by Crippen LogP contribution is 2.39. The average molecular weight is 260 g/mol. The summed E-state index contributed by atoms with van der Waals surface area (Å²) in [5.74, 6) is -0.216. The first-order chi connectivity index (χ1) is 8.58. The van der Waals surface area contributed by atoms with E-state index in [-0.39, 0.29) is 11.5 Å². The van der Waals surface area contributed by atoms with Crippen molar-refractivity contribution in [1.82, 2.24) is 0 Å². The van der Waals surface area contributed by atoms with Gasteiger partial charge in [0.05, 0.1) is 4.92 Å². The monoisotopic (exact) mass is 259 g/mol. The predicted octanol–water partition coefficient (Wildman–Crippen LogP) is 3.46. The molecular weight excluding hydrogens is 254 g/mol. The Balaban J connectivity index is 2.26. The van der Waals surface area contributed by atoms with Crippen LogP contribution in [0.5, 0.6) is 0 Å². The molecule has 0 unspecified atom stereocenters. The zero-order valence-electron chi connectivity index (χ0n) is 9.01. The average Bonchev–Trinajstić information content (AvgIpc) is 2.62. The van der Waals surface area contributed by atoms with Gasteiger partial charge in [0, 0.05) is 28.3 Å². The lowest BCUT2D eigenvalue weighted by molar-refractivity contribution is -0.384. The van der Waals surface area contributed by atoms with E-state index in [0.29, 0.717) is 16.1 Å². The fourth-order valence-electron chi connectivity index (χ4n) is 2.15. The Morgan fingerprint density at radius 1 is 0.944 bits per heavy atom. The molecule has 2 aromatic rings. The Kier molecular flexibility index (Phi) is 2.21. The van der Waals surface area contributed by atoms with Gasteiger partial charge >= 0.3 is 0 Å². The van der Waals surface area contributed by atoms with Gasteiger partial charge in [0.15, 0.2) is 5.78 Å².